The number of carboxylic acids is 1. The molecule has 38 heavy (non-hydrogen) atoms. The molecular weight excluding hydrogens is 507 g/mol. The van der Waals surface area contributed by atoms with Crippen LogP contribution in [0.5, 0.6) is 5.75 Å². The molecule has 0 spiro atoms. The number of fused-ring (bicyclic) bond motifs is 1. The van der Waals surface area contributed by atoms with Gasteiger partial charge in [0.05, 0.1) is 24.9 Å². The van der Waals surface area contributed by atoms with E-state index in [9.17, 15) is 14.5 Å². The number of nitrogens with zero attached hydrogens (tertiary/aromatic N) is 1. The number of pyridine rings is 1. The van der Waals surface area contributed by atoms with E-state index < -0.39 is 27.9 Å². The van der Waals surface area contributed by atoms with Crippen LogP contribution in [0.4, 0.5) is 4.39 Å². The van der Waals surface area contributed by atoms with Gasteiger partial charge in [0, 0.05) is 39.6 Å². The Morgan fingerprint density at radius 1 is 1.16 bits per heavy atom. The molecule has 0 aliphatic rings. The van der Waals surface area contributed by atoms with Gasteiger partial charge in [0.1, 0.15) is 22.7 Å². The van der Waals surface area contributed by atoms with Crippen molar-refractivity contribution in [3.8, 4) is 16.9 Å². The van der Waals surface area contributed by atoms with Crippen LogP contribution in [0.3, 0.4) is 0 Å². The standard InChI is InChI=1S/C29H31FN2O5S/c1-17-10-21(14-26(33)34)25(11-18(17)2)37-16-19-12-20-7-9-36-28(20)23(13-19)22-6-8-31-24(27(22)30)15-32-38(35)29(3,4)5/h6-13,32H,14-16H2,1-5H3,(H,33,34). The molecule has 0 saturated heterocycles. The minimum atomic E-state index is -1.38. The monoisotopic (exact) mass is 538 g/mol. The molecule has 1 unspecified atom stereocenters. The maximum absolute atomic E-state index is 15.6. The number of aryl methyl sites for hydroxylation is 2. The third kappa shape index (κ3) is 6.18. The fraction of sp³-hybridized carbons (Fsp3) is 0.310. The molecule has 2 aromatic heterocycles. The first-order valence-electron chi connectivity index (χ1n) is 12.2. The second kappa shape index (κ2) is 11.1. The number of ether oxygens (including phenoxy) is 1. The van der Waals surface area contributed by atoms with Crippen molar-refractivity contribution >= 4 is 28.3 Å². The summed E-state index contributed by atoms with van der Waals surface area (Å²) in [6.45, 7) is 9.53. The summed E-state index contributed by atoms with van der Waals surface area (Å²) < 4.78 is 42.2. The molecule has 2 N–H and O–H groups in total. The molecule has 0 radical (unpaired) electrons. The number of furan rings is 1. The zero-order chi connectivity index (χ0) is 27.6. The zero-order valence-electron chi connectivity index (χ0n) is 22.1. The summed E-state index contributed by atoms with van der Waals surface area (Å²) in [5.41, 5.74) is 4.85. The summed E-state index contributed by atoms with van der Waals surface area (Å²) in [5, 5.41) is 10.1. The van der Waals surface area contributed by atoms with Crippen LogP contribution in [0.15, 0.2) is 53.3 Å². The highest BCUT2D eigenvalue weighted by molar-refractivity contribution is 7.90. The van der Waals surface area contributed by atoms with Gasteiger partial charge in [0.15, 0.2) is 5.82 Å². The van der Waals surface area contributed by atoms with Crippen LogP contribution in [0.1, 0.15) is 48.7 Å². The lowest BCUT2D eigenvalue weighted by Gasteiger charge is -2.23. The van der Waals surface area contributed by atoms with Crippen molar-refractivity contribution in [1.82, 2.24) is 9.71 Å². The van der Waals surface area contributed by atoms with Gasteiger partial charge in [-0.15, -0.1) is 4.72 Å². The maximum Gasteiger partial charge on any atom is 0.307 e. The topological polar surface area (TPSA) is 108 Å². The fourth-order valence-electron chi connectivity index (χ4n) is 4.04. The number of hydrogen-bond acceptors (Lipinski definition) is 6. The molecule has 0 saturated carbocycles. The van der Waals surface area contributed by atoms with Crippen molar-refractivity contribution in [3.05, 3.63) is 82.6 Å². The summed E-state index contributed by atoms with van der Waals surface area (Å²) in [4.78, 5) is 15.5. The number of rotatable bonds is 9. The van der Waals surface area contributed by atoms with E-state index in [1.165, 1.54) is 6.20 Å². The van der Waals surface area contributed by atoms with Gasteiger partial charge in [-0.2, -0.15) is 0 Å². The summed E-state index contributed by atoms with van der Waals surface area (Å²) in [5.74, 6) is -0.968. The number of aliphatic carboxylic acids is 1. The molecule has 4 aromatic rings. The highest BCUT2D eigenvalue weighted by atomic mass is 32.2. The molecule has 200 valence electrons. The Morgan fingerprint density at radius 2 is 1.89 bits per heavy atom. The maximum atomic E-state index is 15.6. The van der Waals surface area contributed by atoms with Crippen LogP contribution in [-0.4, -0.2) is 25.4 Å². The molecule has 4 rings (SSSR count). The van der Waals surface area contributed by atoms with Crippen molar-refractivity contribution in [1.29, 1.82) is 0 Å². The fourth-order valence-corrected chi connectivity index (χ4v) is 4.74. The van der Waals surface area contributed by atoms with E-state index in [0.717, 1.165) is 22.1 Å². The molecule has 9 heteroatoms. The number of benzene rings is 2. The quantitative estimate of drug-likeness (QED) is 0.251. The SMILES string of the molecule is Cc1cc(CC(=O)O)c(OCc2cc(-c3ccnc(CN[S+]([O-])C(C)(C)C)c3F)c3occc3c2)cc1C. The summed E-state index contributed by atoms with van der Waals surface area (Å²) >= 11 is -1.38. The van der Waals surface area contributed by atoms with Crippen molar-refractivity contribution in [2.45, 2.75) is 58.9 Å². The number of carbonyl (C=O) groups is 1. The van der Waals surface area contributed by atoms with Crippen LogP contribution in [0.2, 0.25) is 0 Å². The number of aromatic nitrogens is 1. The van der Waals surface area contributed by atoms with Gasteiger partial charge in [-0.1, -0.05) is 6.07 Å². The lowest BCUT2D eigenvalue weighted by Crippen LogP contribution is -2.39. The van der Waals surface area contributed by atoms with Gasteiger partial charge in [-0.25, -0.2) is 4.39 Å². The molecule has 7 nitrogen and oxygen atoms in total. The smallest absolute Gasteiger partial charge is 0.307 e. The lowest BCUT2D eigenvalue weighted by atomic mass is 10.00. The van der Waals surface area contributed by atoms with Crippen LogP contribution >= 0.6 is 0 Å². The minimum absolute atomic E-state index is 0.00673. The summed E-state index contributed by atoms with van der Waals surface area (Å²) in [6, 6.07) is 10.7. The molecule has 2 heterocycles. The summed E-state index contributed by atoms with van der Waals surface area (Å²) in [6.07, 6.45) is 2.91. The Morgan fingerprint density at radius 3 is 2.61 bits per heavy atom. The number of nitrogens with one attached hydrogen (secondary N) is 1. The molecule has 2 aromatic carbocycles. The van der Waals surface area contributed by atoms with Gasteiger partial charge in [0.25, 0.3) is 0 Å². The first-order valence-corrected chi connectivity index (χ1v) is 13.3. The molecular formula is C29H31FN2O5S. The average molecular weight is 539 g/mol. The largest absolute Gasteiger partial charge is 0.598 e. The Hall–Kier alpha value is -3.40. The van der Waals surface area contributed by atoms with Gasteiger partial charge in [0.2, 0.25) is 0 Å². The van der Waals surface area contributed by atoms with Gasteiger partial charge in [-0.05, 0) is 81.6 Å². The van der Waals surface area contributed by atoms with Crippen molar-refractivity contribution in [3.63, 3.8) is 0 Å². The average Bonchev–Trinajstić information content (AvgIpc) is 3.32. The normalized spacial score (nSPS) is 12.6. The van der Waals surface area contributed by atoms with E-state index in [-0.39, 0.29) is 25.3 Å². The molecule has 0 fully saturated rings. The van der Waals surface area contributed by atoms with E-state index in [2.05, 4.69) is 9.71 Å². The molecule has 0 bridgehead atoms. The Labute approximate surface area is 224 Å². The zero-order valence-corrected chi connectivity index (χ0v) is 22.9. The predicted molar refractivity (Wildman–Crippen MR) is 146 cm³/mol. The van der Waals surface area contributed by atoms with Gasteiger partial charge >= 0.3 is 5.97 Å². The van der Waals surface area contributed by atoms with E-state index >= 15 is 4.39 Å². The second-order valence-electron chi connectivity index (χ2n) is 10.2. The molecule has 0 aliphatic heterocycles. The van der Waals surface area contributed by atoms with Crippen LogP contribution in [-0.2, 0) is 35.7 Å². The Balaban J connectivity index is 1.66. The Bertz CT molecular complexity index is 1480. The second-order valence-corrected chi connectivity index (χ2v) is 12.3. The van der Waals surface area contributed by atoms with Crippen LogP contribution < -0.4 is 9.46 Å². The first-order chi connectivity index (χ1) is 17.9. The Kier molecular flexibility index (Phi) is 8.10. The number of hydrogen-bond donors (Lipinski definition) is 2. The van der Waals surface area contributed by atoms with Crippen LogP contribution in [0.25, 0.3) is 22.1 Å². The third-order valence-electron chi connectivity index (χ3n) is 6.20. The minimum Gasteiger partial charge on any atom is -0.598 e. The first kappa shape index (κ1) is 27.6. The van der Waals surface area contributed by atoms with E-state index in [0.29, 0.717) is 28.0 Å². The van der Waals surface area contributed by atoms with Gasteiger partial charge in [-0.3, -0.25) is 9.78 Å². The van der Waals surface area contributed by atoms with Gasteiger partial charge < -0.3 is 18.8 Å². The van der Waals surface area contributed by atoms with Crippen molar-refractivity contribution < 1.29 is 28.0 Å². The van der Waals surface area contributed by atoms with E-state index in [4.69, 9.17) is 9.15 Å². The van der Waals surface area contributed by atoms with Crippen molar-refractivity contribution in [2.24, 2.45) is 0 Å². The highest BCUT2D eigenvalue weighted by Gasteiger charge is 2.27. The van der Waals surface area contributed by atoms with E-state index in [1.807, 2.05) is 52.8 Å². The molecule has 0 amide bonds. The molecule has 0 aliphatic carbocycles. The highest BCUT2D eigenvalue weighted by Crippen LogP contribution is 2.34. The lowest BCUT2D eigenvalue weighted by molar-refractivity contribution is -0.136. The third-order valence-corrected chi connectivity index (χ3v) is 7.72. The number of carboxylic acid groups (broad SMARTS) is 1. The number of halogens is 1. The molecule has 1 atom stereocenters. The predicted octanol–water partition coefficient (Wildman–Crippen LogP) is 6.01. The summed E-state index contributed by atoms with van der Waals surface area (Å²) in [7, 11) is 0. The van der Waals surface area contributed by atoms with Crippen molar-refractivity contribution in [2.75, 3.05) is 0 Å². The van der Waals surface area contributed by atoms with E-state index in [1.54, 1.807) is 24.5 Å². The van der Waals surface area contributed by atoms with Crippen LogP contribution in [0, 0.1) is 19.7 Å².